The van der Waals surface area contributed by atoms with Gasteiger partial charge < -0.3 is 20.0 Å². The first-order valence-electron chi connectivity index (χ1n) is 5.93. The molecule has 2 saturated heterocycles. The number of fused-ring (bicyclic) bond motifs is 2. The maximum atomic E-state index is 12.2. The number of carbonyl (C=O) groups excluding carboxylic acids is 1. The Morgan fingerprint density at radius 1 is 1.35 bits per heavy atom. The lowest BCUT2D eigenvalue weighted by Gasteiger charge is -2.36. The summed E-state index contributed by atoms with van der Waals surface area (Å²) in [5.74, 6) is -0.136. The minimum absolute atomic E-state index is 0.120. The molecule has 92 valence electrons. The Labute approximate surface area is 97.6 Å². The van der Waals surface area contributed by atoms with Crippen molar-refractivity contribution < 1.29 is 9.90 Å². The number of aliphatic hydroxyl groups is 1. The minimum Gasteiger partial charge on any atom is -0.393 e. The number of aliphatic hydroxyl groups excluding tert-OH is 1. The predicted molar refractivity (Wildman–Crippen MR) is 59.6 cm³/mol. The normalized spacial score (nSPS) is 31.8. The van der Waals surface area contributed by atoms with Crippen molar-refractivity contribution in [2.45, 2.75) is 43.9 Å². The third kappa shape index (κ3) is 1.68. The summed E-state index contributed by atoms with van der Waals surface area (Å²) in [5, 5.41) is 9.66. The molecule has 0 aliphatic carbocycles. The van der Waals surface area contributed by atoms with Crippen molar-refractivity contribution in [1.82, 2.24) is 14.9 Å². The average Bonchev–Trinajstić information content (AvgIpc) is 2.81. The summed E-state index contributed by atoms with van der Waals surface area (Å²) in [7, 11) is 0. The minimum atomic E-state index is -0.363. The second-order valence-corrected chi connectivity index (χ2v) is 4.88. The van der Waals surface area contributed by atoms with E-state index in [1.807, 2.05) is 4.90 Å². The van der Waals surface area contributed by atoms with Gasteiger partial charge in [-0.05, 0) is 25.7 Å². The topological polar surface area (TPSA) is 89.2 Å². The van der Waals surface area contributed by atoms with Crippen molar-refractivity contribution in [2.75, 3.05) is 0 Å². The van der Waals surface area contributed by atoms with E-state index in [2.05, 4.69) is 9.97 Å². The second kappa shape index (κ2) is 3.73. The number of imidazole rings is 1. The molecule has 2 atom stereocenters. The summed E-state index contributed by atoms with van der Waals surface area (Å²) in [6.45, 7) is 0. The van der Waals surface area contributed by atoms with Crippen LogP contribution in [0.25, 0.3) is 0 Å². The Morgan fingerprint density at radius 2 is 2.00 bits per heavy atom. The third-order valence-corrected chi connectivity index (χ3v) is 3.77. The molecule has 3 N–H and O–H groups in total. The molecular formula is C11H15N3O3. The van der Waals surface area contributed by atoms with Crippen molar-refractivity contribution in [2.24, 2.45) is 0 Å². The predicted octanol–water partition coefficient (Wildman–Crippen LogP) is -0.169. The monoisotopic (exact) mass is 237 g/mol. The van der Waals surface area contributed by atoms with Crippen LogP contribution >= 0.6 is 0 Å². The fourth-order valence-corrected chi connectivity index (χ4v) is 3.07. The quantitative estimate of drug-likeness (QED) is 0.633. The summed E-state index contributed by atoms with van der Waals surface area (Å²) in [6.07, 6.45) is 4.31. The van der Waals surface area contributed by atoms with Gasteiger partial charge in [0, 0.05) is 18.3 Å². The number of piperidine rings is 1. The molecule has 2 fully saturated rings. The highest BCUT2D eigenvalue weighted by Gasteiger charge is 2.43. The molecule has 2 unspecified atom stereocenters. The molecule has 6 heteroatoms. The van der Waals surface area contributed by atoms with Gasteiger partial charge >= 0.3 is 5.69 Å². The van der Waals surface area contributed by atoms with Gasteiger partial charge in [-0.1, -0.05) is 0 Å². The molecule has 1 aromatic heterocycles. The Morgan fingerprint density at radius 3 is 2.53 bits per heavy atom. The van der Waals surface area contributed by atoms with Crippen LogP contribution in [0.3, 0.4) is 0 Å². The van der Waals surface area contributed by atoms with Crippen LogP contribution in [0, 0.1) is 0 Å². The maximum absolute atomic E-state index is 12.2. The van der Waals surface area contributed by atoms with E-state index in [9.17, 15) is 14.7 Å². The number of nitrogens with one attached hydrogen (secondary N) is 2. The molecule has 2 bridgehead atoms. The summed E-state index contributed by atoms with van der Waals surface area (Å²) >= 11 is 0. The lowest BCUT2D eigenvalue weighted by Crippen LogP contribution is -2.48. The molecule has 6 nitrogen and oxygen atoms in total. The van der Waals surface area contributed by atoms with Crippen molar-refractivity contribution in [3.8, 4) is 0 Å². The number of aromatic amines is 2. The number of amides is 1. The van der Waals surface area contributed by atoms with E-state index in [1.165, 1.54) is 6.20 Å². The highest BCUT2D eigenvalue weighted by molar-refractivity contribution is 5.92. The van der Waals surface area contributed by atoms with E-state index in [0.29, 0.717) is 18.5 Å². The molecule has 3 heterocycles. The molecule has 0 radical (unpaired) electrons. The lowest BCUT2D eigenvalue weighted by atomic mass is 9.99. The smallest absolute Gasteiger partial charge is 0.323 e. The Kier molecular flexibility index (Phi) is 2.32. The highest BCUT2D eigenvalue weighted by atomic mass is 16.3. The number of carbonyl (C=O) groups is 1. The number of rotatable bonds is 1. The number of nitrogens with zero attached hydrogens (tertiary/aromatic N) is 1. The molecule has 1 amide bonds. The van der Waals surface area contributed by atoms with Gasteiger partial charge in [0.15, 0.2) is 0 Å². The van der Waals surface area contributed by atoms with Crippen molar-refractivity contribution in [1.29, 1.82) is 0 Å². The average molecular weight is 237 g/mol. The molecule has 0 aromatic carbocycles. The van der Waals surface area contributed by atoms with Gasteiger partial charge in [0.1, 0.15) is 5.69 Å². The van der Waals surface area contributed by atoms with Crippen molar-refractivity contribution in [3.05, 3.63) is 22.4 Å². The van der Waals surface area contributed by atoms with Gasteiger partial charge in [-0.2, -0.15) is 0 Å². The fraction of sp³-hybridized carbons (Fsp3) is 0.636. The van der Waals surface area contributed by atoms with E-state index in [1.54, 1.807) is 0 Å². The Bertz CT molecular complexity index is 478. The van der Waals surface area contributed by atoms with Gasteiger partial charge in [-0.25, -0.2) is 4.79 Å². The van der Waals surface area contributed by atoms with E-state index in [-0.39, 0.29) is 29.8 Å². The van der Waals surface area contributed by atoms with Crippen molar-refractivity contribution in [3.63, 3.8) is 0 Å². The third-order valence-electron chi connectivity index (χ3n) is 3.77. The second-order valence-electron chi connectivity index (χ2n) is 4.88. The van der Waals surface area contributed by atoms with Crippen LogP contribution in [0.4, 0.5) is 0 Å². The van der Waals surface area contributed by atoms with Crippen LogP contribution in [0.2, 0.25) is 0 Å². The molecule has 2 aliphatic heterocycles. The summed E-state index contributed by atoms with van der Waals surface area (Å²) in [5.41, 5.74) is -0.0546. The van der Waals surface area contributed by atoms with Crippen LogP contribution in [-0.4, -0.2) is 44.1 Å². The van der Waals surface area contributed by atoms with Crippen LogP contribution < -0.4 is 5.69 Å². The van der Waals surface area contributed by atoms with Crippen LogP contribution in [0.15, 0.2) is 11.0 Å². The van der Waals surface area contributed by atoms with Gasteiger partial charge in [-0.15, -0.1) is 0 Å². The van der Waals surface area contributed by atoms with Crippen LogP contribution in [0.1, 0.15) is 36.2 Å². The first-order valence-corrected chi connectivity index (χ1v) is 5.93. The van der Waals surface area contributed by atoms with E-state index >= 15 is 0 Å². The molecule has 0 saturated carbocycles. The Hall–Kier alpha value is -1.56. The number of H-pyrrole nitrogens is 2. The number of aromatic nitrogens is 2. The first-order chi connectivity index (χ1) is 8.15. The van der Waals surface area contributed by atoms with Gasteiger partial charge in [0.05, 0.1) is 6.10 Å². The molecule has 1 aromatic rings. The largest absolute Gasteiger partial charge is 0.393 e. The number of hydrogen-bond acceptors (Lipinski definition) is 3. The van der Waals surface area contributed by atoms with Gasteiger partial charge in [0.2, 0.25) is 0 Å². The van der Waals surface area contributed by atoms with Crippen molar-refractivity contribution >= 4 is 5.91 Å². The first kappa shape index (κ1) is 10.6. The number of hydrogen-bond donors (Lipinski definition) is 3. The molecule has 2 aliphatic rings. The zero-order valence-corrected chi connectivity index (χ0v) is 9.35. The lowest BCUT2D eigenvalue weighted by molar-refractivity contribution is 0.0283. The van der Waals surface area contributed by atoms with Gasteiger partial charge in [0.25, 0.3) is 5.91 Å². The van der Waals surface area contributed by atoms with E-state index in [4.69, 9.17) is 0 Å². The molecule has 17 heavy (non-hydrogen) atoms. The highest BCUT2D eigenvalue weighted by Crippen LogP contribution is 2.36. The van der Waals surface area contributed by atoms with Crippen LogP contribution in [-0.2, 0) is 0 Å². The standard InChI is InChI=1S/C11H15N3O3/c15-8-3-6-1-2-7(4-8)14(6)10(16)9-5-12-11(17)13-9/h5-8,15H,1-4H2,(H2,12,13,17). The van der Waals surface area contributed by atoms with E-state index < -0.39 is 0 Å². The fourth-order valence-electron chi connectivity index (χ4n) is 3.07. The molecule has 3 rings (SSSR count). The zero-order chi connectivity index (χ0) is 12.0. The summed E-state index contributed by atoms with van der Waals surface area (Å²) in [4.78, 5) is 30.0. The summed E-state index contributed by atoms with van der Waals surface area (Å²) in [6, 6.07) is 0.240. The van der Waals surface area contributed by atoms with Crippen LogP contribution in [0.5, 0.6) is 0 Å². The Balaban J connectivity index is 1.86. The maximum Gasteiger partial charge on any atom is 0.323 e. The van der Waals surface area contributed by atoms with Gasteiger partial charge in [-0.3, -0.25) is 4.79 Å². The molecule has 0 spiro atoms. The SMILES string of the molecule is O=C(c1c[nH]c(=O)[nH]1)N1C2CCC1CC(O)C2. The zero-order valence-electron chi connectivity index (χ0n) is 9.35. The summed E-state index contributed by atoms with van der Waals surface area (Å²) < 4.78 is 0. The van der Waals surface area contributed by atoms with E-state index in [0.717, 1.165) is 12.8 Å². The molecular weight excluding hydrogens is 222 g/mol.